The Labute approximate surface area is 144 Å². The van der Waals surface area contributed by atoms with Gasteiger partial charge in [-0.2, -0.15) is 0 Å². The summed E-state index contributed by atoms with van der Waals surface area (Å²) in [5.74, 6) is -0.238. The van der Waals surface area contributed by atoms with Gasteiger partial charge >= 0.3 is 0 Å². The summed E-state index contributed by atoms with van der Waals surface area (Å²) in [6.07, 6.45) is 3.71. The van der Waals surface area contributed by atoms with Gasteiger partial charge in [0.15, 0.2) is 0 Å². The van der Waals surface area contributed by atoms with Gasteiger partial charge < -0.3 is 29.4 Å². The minimum absolute atomic E-state index is 0.0531. The number of hydrogen-bond acceptors (Lipinski definition) is 6. The van der Waals surface area contributed by atoms with Crippen molar-refractivity contribution in [3.05, 3.63) is 25.0 Å². The lowest BCUT2D eigenvalue weighted by Gasteiger charge is -2.26. The molecule has 0 bridgehead atoms. The van der Waals surface area contributed by atoms with Crippen molar-refractivity contribution in [3.8, 4) is 0 Å². The van der Waals surface area contributed by atoms with E-state index in [9.17, 15) is 4.79 Å². The van der Waals surface area contributed by atoms with Crippen molar-refractivity contribution in [2.75, 3.05) is 33.5 Å². The van der Waals surface area contributed by atoms with E-state index >= 15 is 0 Å². The van der Waals surface area contributed by atoms with Crippen LogP contribution < -0.4 is 5.32 Å². The van der Waals surface area contributed by atoms with Crippen LogP contribution in [-0.2, 0) is 23.7 Å². The Balaban J connectivity index is 4.52. The smallest absolute Gasteiger partial charge is 0.243 e. The fourth-order valence-corrected chi connectivity index (χ4v) is 1.84. The molecule has 0 aliphatic carbocycles. The minimum Gasteiger partial charge on any atom is -0.499 e. The van der Waals surface area contributed by atoms with Gasteiger partial charge in [-0.15, -0.1) is 0 Å². The van der Waals surface area contributed by atoms with E-state index in [-0.39, 0.29) is 43.5 Å². The van der Waals surface area contributed by atoms with Crippen molar-refractivity contribution in [3.63, 3.8) is 0 Å². The standard InChI is InChI=1S/C17H31NO6/c1-6-17(20)18-13(2)11-23-15(4)16(7-9-22-10-8-19)24-14(3)12-21-5/h6-7,9,13-16,19H,1,8,10-12H2,2-5H3,(H,18,20)/b9-7+. The molecule has 4 unspecified atom stereocenters. The Hall–Kier alpha value is -1.41. The Morgan fingerprint density at radius 2 is 2.00 bits per heavy atom. The van der Waals surface area contributed by atoms with Crippen LogP contribution in [-0.4, -0.2) is 68.9 Å². The lowest BCUT2D eigenvalue weighted by Crippen LogP contribution is -2.38. The highest BCUT2D eigenvalue weighted by Gasteiger charge is 2.20. The SMILES string of the molecule is C=CC(=O)NC(C)COC(C)C(/C=C/OCCO)OC(C)COC. The van der Waals surface area contributed by atoms with Crippen LogP contribution in [0.15, 0.2) is 25.0 Å². The van der Waals surface area contributed by atoms with Gasteiger partial charge in [-0.25, -0.2) is 0 Å². The maximum absolute atomic E-state index is 11.2. The van der Waals surface area contributed by atoms with Crippen molar-refractivity contribution >= 4 is 5.91 Å². The van der Waals surface area contributed by atoms with Gasteiger partial charge in [0, 0.05) is 13.2 Å². The van der Waals surface area contributed by atoms with Gasteiger partial charge in [-0.1, -0.05) is 6.58 Å². The Bertz CT molecular complexity index is 374. The zero-order valence-corrected chi connectivity index (χ0v) is 15.1. The van der Waals surface area contributed by atoms with Crippen LogP contribution in [0.4, 0.5) is 0 Å². The summed E-state index contributed by atoms with van der Waals surface area (Å²) < 4.78 is 21.9. The first-order valence-electron chi connectivity index (χ1n) is 8.02. The lowest BCUT2D eigenvalue weighted by atomic mass is 10.2. The average Bonchev–Trinajstić information content (AvgIpc) is 2.55. The number of methoxy groups -OCH3 is 1. The molecule has 0 saturated heterocycles. The summed E-state index contributed by atoms with van der Waals surface area (Å²) in [5, 5.41) is 11.5. The van der Waals surface area contributed by atoms with Crippen LogP contribution in [0.2, 0.25) is 0 Å². The monoisotopic (exact) mass is 345 g/mol. The molecule has 0 saturated carbocycles. The molecule has 0 aromatic heterocycles. The van der Waals surface area contributed by atoms with Crippen LogP contribution in [0.5, 0.6) is 0 Å². The topological polar surface area (TPSA) is 86.3 Å². The molecule has 0 radical (unpaired) electrons. The number of nitrogens with one attached hydrogen (secondary N) is 1. The number of ether oxygens (including phenoxy) is 4. The molecule has 1 amide bonds. The molecule has 4 atom stereocenters. The second-order valence-electron chi connectivity index (χ2n) is 5.44. The third kappa shape index (κ3) is 11.2. The van der Waals surface area contributed by atoms with E-state index in [4.69, 9.17) is 24.1 Å². The van der Waals surface area contributed by atoms with Crippen molar-refractivity contribution in [2.24, 2.45) is 0 Å². The Morgan fingerprint density at radius 3 is 2.58 bits per heavy atom. The number of carbonyl (C=O) groups excluding carboxylic acids is 1. The van der Waals surface area contributed by atoms with E-state index in [2.05, 4.69) is 11.9 Å². The number of rotatable bonds is 14. The third-order valence-electron chi connectivity index (χ3n) is 3.01. The maximum atomic E-state index is 11.2. The minimum atomic E-state index is -0.351. The highest BCUT2D eigenvalue weighted by molar-refractivity contribution is 5.87. The van der Waals surface area contributed by atoms with Crippen molar-refractivity contribution in [2.45, 2.75) is 45.1 Å². The number of aliphatic hydroxyl groups excluding tert-OH is 1. The van der Waals surface area contributed by atoms with E-state index in [1.165, 1.54) is 12.3 Å². The second-order valence-corrected chi connectivity index (χ2v) is 5.44. The molecule has 7 heteroatoms. The largest absolute Gasteiger partial charge is 0.499 e. The summed E-state index contributed by atoms with van der Waals surface area (Å²) >= 11 is 0. The molecule has 0 aromatic rings. The summed E-state index contributed by atoms with van der Waals surface area (Å²) in [6, 6.07) is -0.149. The highest BCUT2D eigenvalue weighted by Crippen LogP contribution is 2.10. The normalized spacial score (nSPS) is 16.4. The zero-order chi connectivity index (χ0) is 18.4. The van der Waals surface area contributed by atoms with Gasteiger partial charge in [0.2, 0.25) is 5.91 Å². The summed E-state index contributed by atoms with van der Waals surface area (Å²) in [6.45, 7) is 10.00. The van der Waals surface area contributed by atoms with Gasteiger partial charge in [-0.05, 0) is 32.9 Å². The number of amides is 1. The molecule has 0 aliphatic rings. The molecule has 0 spiro atoms. The van der Waals surface area contributed by atoms with E-state index in [1.807, 2.05) is 20.8 Å². The first-order valence-corrected chi connectivity index (χ1v) is 8.02. The molecular weight excluding hydrogens is 314 g/mol. The third-order valence-corrected chi connectivity index (χ3v) is 3.01. The predicted octanol–water partition coefficient (Wildman–Crippen LogP) is 1.02. The van der Waals surface area contributed by atoms with Gasteiger partial charge in [0.25, 0.3) is 0 Å². The quantitative estimate of drug-likeness (QED) is 0.278. The number of carbonyl (C=O) groups is 1. The number of aliphatic hydroxyl groups is 1. The van der Waals surface area contributed by atoms with Crippen LogP contribution in [0.3, 0.4) is 0 Å². The van der Waals surface area contributed by atoms with E-state index in [0.717, 1.165) is 0 Å². The fourth-order valence-electron chi connectivity index (χ4n) is 1.84. The highest BCUT2D eigenvalue weighted by atomic mass is 16.6. The van der Waals surface area contributed by atoms with E-state index in [1.54, 1.807) is 13.2 Å². The van der Waals surface area contributed by atoms with Gasteiger partial charge in [-0.3, -0.25) is 4.79 Å². The second kappa shape index (κ2) is 14.0. The lowest BCUT2D eigenvalue weighted by molar-refractivity contribution is -0.118. The molecule has 0 aliphatic heterocycles. The Kier molecular flexibility index (Phi) is 13.2. The van der Waals surface area contributed by atoms with E-state index in [0.29, 0.717) is 13.2 Å². The van der Waals surface area contributed by atoms with Gasteiger partial charge in [0.1, 0.15) is 12.7 Å². The van der Waals surface area contributed by atoms with Gasteiger partial charge in [0.05, 0.1) is 38.3 Å². The average molecular weight is 345 g/mol. The molecule has 140 valence electrons. The van der Waals surface area contributed by atoms with Crippen LogP contribution in [0, 0.1) is 0 Å². The van der Waals surface area contributed by atoms with E-state index < -0.39 is 0 Å². The molecule has 0 aromatic carbocycles. The van der Waals surface area contributed by atoms with Crippen LogP contribution in [0.25, 0.3) is 0 Å². The Morgan fingerprint density at radius 1 is 1.29 bits per heavy atom. The first kappa shape index (κ1) is 22.6. The number of hydrogen-bond donors (Lipinski definition) is 2. The molecule has 0 fully saturated rings. The summed E-state index contributed by atoms with van der Waals surface area (Å²) in [7, 11) is 1.61. The fraction of sp³-hybridized carbons (Fsp3) is 0.706. The summed E-state index contributed by atoms with van der Waals surface area (Å²) in [4.78, 5) is 11.2. The van der Waals surface area contributed by atoms with Crippen molar-refractivity contribution in [1.82, 2.24) is 5.32 Å². The van der Waals surface area contributed by atoms with Crippen molar-refractivity contribution < 1.29 is 28.8 Å². The van der Waals surface area contributed by atoms with Crippen LogP contribution >= 0.6 is 0 Å². The summed E-state index contributed by atoms with van der Waals surface area (Å²) in [5.41, 5.74) is 0. The molecule has 24 heavy (non-hydrogen) atoms. The molecule has 7 nitrogen and oxygen atoms in total. The zero-order valence-electron chi connectivity index (χ0n) is 15.1. The first-order chi connectivity index (χ1) is 11.4. The predicted molar refractivity (Wildman–Crippen MR) is 91.6 cm³/mol. The van der Waals surface area contributed by atoms with Crippen LogP contribution in [0.1, 0.15) is 20.8 Å². The van der Waals surface area contributed by atoms with Crippen molar-refractivity contribution in [1.29, 1.82) is 0 Å². The molecule has 0 heterocycles. The molecule has 2 N–H and O–H groups in total. The molecule has 0 rings (SSSR count). The molecular formula is C17H31NO6. The maximum Gasteiger partial charge on any atom is 0.243 e.